The molecule has 0 saturated heterocycles. The van der Waals surface area contributed by atoms with Gasteiger partial charge in [0, 0.05) is 31.8 Å². The molecule has 0 aliphatic heterocycles. The summed E-state index contributed by atoms with van der Waals surface area (Å²) in [6.45, 7) is 2.11. The number of aryl methyl sites for hydroxylation is 1. The number of rotatable bonds is 2. The quantitative estimate of drug-likeness (QED) is 0.563. The molecule has 0 radical (unpaired) electrons. The standard InChI is InChI=1S/C12H18N4/c1-4-11(16(2)3)15-12-9-6-5-7-10(9)13-8-14-12/h8H,4-7H2,1-3H3. The number of fused-ring (bicyclic) bond motifs is 1. The van der Waals surface area contributed by atoms with Gasteiger partial charge in [0.25, 0.3) is 0 Å². The third kappa shape index (κ3) is 2.05. The SMILES string of the molecule is CCC(=Nc1ncnc2c1CCC2)N(C)C. The Morgan fingerprint density at radius 2 is 2.19 bits per heavy atom. The van der Waals surface area contributed by atoms with Gasteiger partial charge in [0.1, 0.15) is 12.2 Å². The summed E-state index contributed by atoms with van der Waals surface area (Å²) in [6.07, 6.45) is 5.88. The molecule has 0 bridgehead atoms. The summed E-state index contributed by atoms with van der Waals surface area (Å²) in [7, 11) is 4.04. The molecule has 0 saturated carbocycles. The highest BCUT2D eigenvalue weighted by Gasteiger charge is 2.17. The zero-order valence-electron chi connectivity index (χ0n) is 10.2. The number of aromatic nitrogens is 2. The minimum atomic E-state index is 0.869. The van der Waals surface area contributed by atoms with Crippen LogP contribution in [0.1, 0.15) is 31.0 Å². The van der Waals surface area contributed by atoms with Crippen molar-refractivity contribution >= 4 is 11.7 Å². The highest BCUT2D eigenvalue weighted by molar-refractivity contribution is 5.84. The molecule has 16 heavy (non-hydrogen) atoms. The molecule has 0 fully saturated rings. The lowest BCUT2D eigenvalue weighted by molar-refractivity contribution is 0.607. The molecule has 1 aliphatic carbocycles. The van der Waals surface area contributed by atoms with E-state index >= 15 is 0 Å². The average Bonchev–Trinajstić information content (AvgIpc) is 2.73. The number of aliphatic imine (C=N–C) groups is 1. The normalized spacial score (nSPS) is 15.1. The molecule has 0 N–H and O–H groups in total. The fourth-order valence-electron chi connectivity index (χ4n) is 2.06. The molecule has 0 amide bonds. The van der Waals surface area contributed by atoms with Gasteiger partial charge in [-0.05, 0) is 19.3 Å². The van der Waals surface area contributed by atoms with Gasteiger partial charge in [0.05, 0.1) is 0 Å². The summed E-state index contributed by atoms with van der Waals surface area (Å²) in [6, 6.07) is 0. The Morgan fingerprint density at radius 3 is 2.88 bits per heavy atom. The van der Waals surface area contributed by atoms with Crippen molar-refractivity contribution in [3.05, 3.63) is 17.6 Å². The van der Waals surface area contributed by atoms with Crippen molar-refractivity contribution < 1.29 is 0 Å². The van der Waals surface area contributed by atoms with E-state index in [0.29, 0.717) is 0 Å². The maximum Gasteiger partial charge on any atom is 0.160 e. The van der Waals surface area contributed by atoms with E-state index in [0.717, 1.165) is 30.9 Å². The van der Waals surface area contributed by atoms with Crippen molar-refractivity contribution in [3.8, 4) is 0 Å². The summed E-state index contributed by atoms with van der Waals surface area (Å²) in [5.74, 6) is 1.93. The van der Waals surface area contributed by atoms with Crippen LogP contribution in [-0.4, -0.2) is 34.8 Å². The molecular formula is C12H18N4. The Labute approximate surface area is 96.4 Å². The minimum absolute atomic E-state index is 0.869. The van der Waals surface area contributed by atoms with Crippen LogP contribution in [-0.2, 0) is 12.8 Å². The summed E-state index contributed by atoms with van der Waals surface area (Å²) >= 11 is 0. The van der Waals surface area contributed by atoms with Crippen molar-refractivity contribution in [2.75, 3.05) is 14.1 Å². The Morgan fingerprint density at radius 1 is 1.38 bits per heavy atom. The number of nitrogens with zero attached hydrogens (tertiary/aromatic N) is 4. The summed E-state index contributed by atoms with van der Waals surface area (Å²) in [5, 5.41) is 0. The van der Waals surface area contributed by atoms with Crippen LogP contribution >= 0.6 is 0 Å². The maximum atomic E-state index is 4.64. The topological polar surface area (TPSA) is 41.4 Å². The van der Waals surface area contributed by atoms with Crippen LogP contribution in [0, 0.1) is 0 Å². The molecule has 0 atom stereocenters. The van der Waals surface area contributed by atoms with E-state index in [9.17, 15) is 0 Å². The van der Waals surface area contributed by atoms with Crippen LogP contribution in [0.3, 0.4) is 0 Å². The van der Waals surface area contributed by atoms with E-state index in [-0.39, 0.29) is 0 Å². The second-order valence-electron chi connectivity index (χ2n) is 4.25. The predicted octanol–water partition coefficient (Wildman–Crippen LogP) is 1.97. The molecule has 0 unspecified atom stereocenters. The van der Waals surface area contributed by atoms with E-state index in [1.54, 1.807) is 6.33 Å². The molecule has 0 aromatic carbocycles. The van der Waals surface area contributed by atoms with Crippen LogP contribution in [0.4, 0.5) is 5.82 Å². The van der Waals surface area contributed by atoms with Gasteiger partial charge in [-0.25, -0.2) is 15.0 Å². The zero-order chi connectivity index (χ0) is 11.5. The fraction of sp³-hybridized carbons (Fsp3) is 0.583. The maximum absolute atomic E-state index is 4.64. The van der Waals surface area contributed by atoms with Gasteiger partial charge in [-0.1, -0.05) is 6.92 Å². The van der Waals surface area contributed by atoms with Gasteiger partial charge in [0.2, 0.25) is 0 Å². The van der Waals surface area contributed by atoms with E-state index in [2.05, 4.69) is 21.9 Å². The van der Waals surface area contributed by atoms with Crippen LogP contribution in [0.2, 0.25) is 0 Å². The smallest absolute Gasteiger partial charge is 0.160 e. The molecule has 2 rings (SSSR count). The Balaban J connectivity index is 2.38. The lowest BCUT2D eigenvalue weighted by Crippen LogP contribution is -2.20. The first-order valence-corrected chi connectivity index (χ1v) is 5.80. The largest absolute Gasteiger partial charge is 0.366 e. The van der Waals surface area contributed by atoms with E-state index in [1.807, 2.05) is 19.0 Å². The predicted molar refractivity (Wildman–Crippen MR) is 65.1 cm³/mol. The van der Waals surface area contributed by atoms with Crippen molar-refractivity contribution in [3.63, 3.8) is 0 Å². The fourth-order valence-corrected chi connectivity index (χ4v) is 2.06. The third-order valence-electron chi connectivity index (χ3n) is 2.92. The van der Waals surface area contributed by atoms with E-state index in [4.69, 9.17) is 0 Å². The van der Waals surface area contributed by atoms with Crippen LogP contribution in [0.5, 0.6) is 0 Å². The molecule has 0 spiro atoms. The monoisotopic (exact) mass is 218 g/mol. The molecular weight excluding hydrogens is 200 g/mol. The Kier molecular flexibility index (Phi) is 3.17. The van der Waals surface area contributed by atoms with Crippen molar-refractivity contribution in [1.29, 1.82) is 0 Å². The highest BCUT2D eigenvalue weighted by atomic mass is 15.1. The van der Waals surface area contributed by atoms with E-state index < -0.39 is 0 Å². The van der Waals surface area contributed by atoms with Gasteiger partial charge in [0.15, 0.2) is 5.82 Å². The van der Waals surface area contributed by atoms with Gasteiger partial charge in [-0.2, -0.15) is 0 Å². The lowest BCUT2D eigenvalue weighted by Gasteiger charge is -2.14. The summed E-state index contributed by atoms with van der Waals surface area (Å²) in [4.78, 5) is 15.3. The zero-order valence-corrected chi connectivity index (χ0v) is 10.2. The molecule has 1 aromatic heterocycles. The second-order valence-corrected chi connectivity index (χ2v) is 4.25. The van der Waals surface area contributed by atoms with E-state index in [1.165, 1.54) is 17.7 Å². The molecule has 1 heterocycles. The van der Waals surface area contributed by atoms with Crippen molar-refractivity contribution in [2.45, 2.75) is 32.6 Å². The highest BCUT2D eigenvalue weighted by Crippen LogP contribution is 2.27. The summed E-state index contributed by atoms with van der Waals surface area (Å²) < 4.78 is 0. The molecule has 86 valence electrons. The van der Waals surface area contributed by atoms with Crippen molar-refractivity contribution in [1.82, 2.24) is 14.9 Å². The third-order valence-corrected chi connectivity index (χ3v) is 2.92. The average molecular weight is 218 g/mol. The number of amidine groups is 1. The second kappa shape index (κ2) is 4.60. The van der Waals surface area contributed by atoms with Crippen molar-refractivity contribution in [2.24, 2.45) is 4.99 Å². The molecule has 1 aliphatic rings. The summed E-state index contributed by atoms with van der Waals surface area (Å²) in [5.41, 5.74) is 2.43. The van der Waals surface area contributed by atoms with Crippen LogP contribution < -0.4 is 0 Å². The first-order valence-electron chi connectivity index (χ1n) is 5.80. The molecule has 4 heteroatoms. The Bertz CT molecular complexity index is 409. The Hall–Kier alpha value is -1.45. The van der Waals surface area contributed by atoms with Gasteiger partial charge in [-0.3, -0.25) is 0 Å². The first kappa shape index (κ1) is 11.0. The minimum Gasteiger partial charge on any atom is -0.366 e. The van der Waals surface area contributed by atoms with Crippen LogP contribution in [0.25, 0.3) is 0 Å². The number of hydrogen-bond acceptors (Lipinski definition) is 3. The molecule has 1 aromatic rings. The van der Waals surface area contributed by atoms with Crippen LogP contribution in [0.15, 0.2) is 11.3 Å². The number of hydrogen-bond donors (Lipinski definition) is 0. The molecule has 4 nitrogen and oxygen atoms in total. The van der Waals surface area contributed by atoms with Gasteiger partial charge in [-0.15, -0.1) is 0 Å². The van der Waals surface area contributed by atoms with Gasteiger partial charge >= 0.3 is 0 Å². The first-order chi connectivity index (χ1) is 7.72. The van der Waals surface area contributed by atoms with Gasteiger partial charge < -0.3 is 4.90 Å². The lowest BCUT2D eigenvalue weighted by atomic mass is 10.2.